The molecule has 0 radical (unpaired) electrons. The van der Waals surface area contributed by atoms with Gasteiger partial charge in [-0.3, -0.25) is 4.79 Å². The number of carbonyl (C=O) groups is 1. The average Bonchev–Trinajstić information content (AvgIpc) is 3.08. The van der Waals surface area contributed by atoms with E-state index in [2.05, 4.69) is 33.6 Å². The molecule has 0 aliphatic heterocycles. The number of ether oxygens (including phenoxy) is 1. The number of nitrogens with zero attached hydrogens (tertiary/aromatic N) is 3. The molecule has 2 aromatic rings. The second-order valence-electron chi connectivity index (χ2n) is 4.91. The highest BCUT2D eigenvalue weighted by Crippen LogP contribution is 2.24. The molecule has 0 saturated carbocycles. The van der Waals surface area contributed by atoms with Gasteiger partial charge in [0.2, 0.25) is 0 Å². The maximum atomic E-state index is 13.2. The number of methoxy groups -OCH3 is 1. The molecule has 0 aliphatic rings. The highest BCUT2D eigenvalue weighted by molar-refractivity contribution is 6.02. The van der Waals surface area contributed by atoms with Crippen LogP contribution in [0.4, 0.5) is 10.2 Å². The van der Waals surface area contributed by atoms with E-state index in [9.17, 15) is 9.18 Å². The largest absolute Gasteiger partial charge is 0.497 e. The molecule has 0 saturated heterocycles. The minimum absolute atomic E-state index is 0.131. The van der Waals surface area contributed by atoms with Crippen LogP contribution < -0.4 is 5.32 Å². The smallest absolute Gasteiger partial charge is 0.279 e. The van der Waals surface area contributed by atoms with Gasteiger partial charge in [0.1, 0.15) is 29.5 Å². The highest BCUT2D eigenvalue weighted by Gasteiger charge is 2.15. The SMILES string of the molecule is C=C(F)/C=C(\C(=C)OC)c1cc(NC(=O)c2cc(CC)on2)ncn1. The van der Waals surface area contributed by atoms with E-state index in [0.29, 0.717) is 17.9 Å². The Morgan fingerprint density at radius 3 is 2.72 bits per heavy atom. The third-order valence-corrected chi connectivity index (χ3v) is 3.17. The van der Waals surface area contributed by atoms with E-state index in [1.165, 1.54) is 19.5 Å². The number of nitrogens with one attached hydrogen (secondary N) is 1. The summed E-state index contributed by atoms with van der Waals surface area (Å²) in [5, 5.41) is 6.26. The molecule has 0 bridgehead atoms. The van der Waals surface area contributed by atoms with Crippen LogP contribution in [0.25, 0.3) is 5.57 Å². The first-order valence-corrected chi connectivity index (χ1v) is 7.33. The molecule has 0 aliphatic carbocycles. The molecule has 25 heavy (non-hydrogen) atoms. The summed E-state index contributed by atoms with van der Waals surface area (Å²) in [5.41, 5.74) is 0.721. The van der Waals surface area contributed by atoms with Crippen LogP contribution in [0, 0.1) is 0 Å². The van der Waals surface area contributed by atoms with Gasteiger partial charge < -0.3 is 14.6 Å². The summed E-state index contributed by atoms with van der Waals surface area (Å²) in [4.78, 5) is 20.2. The summed E-state index contributed by atoms with van der Waals surface area (Å²) in [7, 11) is 1.40. The summed E-state index contributed by atoms with van der Waals surface area (Å²) >= 11 is 0. The van der Waals surface area contributed by atoms with Gasteiger partial charge in [-0.05, 0) is 6.08 Å². The van der Waals surface area contributed by atoms with Crippen molar-refractivity contribution in [1.29, 1.82) is 0 Å². The van der Waals surface area contributed by atoms with Crippen molar-refractivity contribution < 1.29 is 18.4 Å². The molecule has 0 spiro atoms. The second-order valence-corrected chi connectivity index (χ2v) is 4.91. The van der Waals surface area contributed by atoms with Gasteiger partial charge in [0.05, 0.1) is 12.8 Å². The van der Waals surface area contributed by atoms with Gasteiger partial charge in [0.15, 0.2) is 5.69 Å². The minimum atomic E-state index is -0.688. The minimum Gasteiger partial charge on any atom is -0.497 e. The molecule has 7 nitrogen and oxygen atoms in total. The van der Waals surface area contributed by atoms with Crippen molar-refractivity contribution in [3.8, 4) is 0 Å². The van der Waals surface area contributed by atoms with Crippen molar-refractivity contribution >= 4 is 17.3 Å². The Kier molecular flexibility index (Phi) is 5.78. The van der Waals surface area contributed by atoms with Crippen molar-refractivity contribution in [2.24, 2.45) is 0 Å². The van der Waals surface area contributed by atoms with Gasteiger partial charge in [0.25, 0.3) is 5.91 Å². The Morgan fingerprint density at radius 1 is 1.36 bits per heavy atom. The van der Waals surface area contributed by atoms with Crippen LogP contribution in [-0.4, -0.2) is 28.1 Å². The third kappa shape index (κ3) is 4.60. The maximum absolute atomic E-state index is 13.2. The molecule has 0 atom stereocenters. The summed E-state index contributed by atoms with van der Waals surface area (Å²) in [5.74, 6) is -0.183. The normalized spacial score (nSPS) is 11.1. The second kappa shape index (κ2) is 8.00. The molecule has 2 rings (SSSR count). The van der Waals surface area contributed by atoms with E-state index in [1.807, 2.05) is 6.92 Å². The lowest BCUT2D eigenvalue weighted by Gasteiger charge is -2.10. The first-order chi connectivity index (χ1) is 11.9. The average molecular weight is 344 g/mol. The molecule has 2 heterocycles. The lowest BCUT2D eigenvalue weighted by atomic mass is 10.1. The lowest BCUT2D eigenvalue weighted by molar-refractivity contribution is 0.101. The van der Waals surface area contributed by atoms with Crippen molar-refractivity contribution in [3.63, 3.8) is 0 Å². The Morgan fingerprint density at radius 2 is 2.12 bits per heavy atom. The van der Waals surface area contributed by atoms with Crippen LogP contribution in [0.15, 0.2) is 53.8 Å². The van der Waals surface area contributed by atoms with E-state index >= 15 is 0 Å². The standard InChI is InChI=1S/C17H17FN4O3/c1-5-12-7-15(22-25-12)17(23)21-16-8-14(19-9-20-16)13(6-10(2)18)11(3)24-4/h6-9H,2-3,5H2,1,4H3,(H,19,20,21,23)/b13-6+. The summed E-state index contributed by atoms with van der Waals surface area (Å²) in [6, 6.07) is 3.00. The maximum Gasteiger partial charge on any atom is 0.279 e. The Labute approximate surface area is 143 Å². The van der Waals surface area contributed by atoms with Crippen LogP contribution >= 0.6 is 0 Å². The zero-order valence-corrected chi connectivity index (χ0v) is 13.9. The number of aromatic nitrogens is 3. The third-order valence-electron chi connectivity index (χ3n) is 3.17. The predicted octanol–water partition coefficient (Wildman–Crippen LogP) is 3.31. The van der Waals surface area contributed by atoms with Gasteiger partial charge in [-0.25, -0.2) is 14.4 Å². The van der Waals surface area contributed by atoms with Crippen molar-refractivity contribution in [2.45, 2.75) is 13.3 Å². The molecule has 1 amide bonds. The van der Waals surface area contributed by atoms with Crippen molar-refractivity contribution in [1.82, 2.24) is 15.1 Å². The number of amides is 1. The first kappa shape index (κ1) is 18.1. The molecule has 8 heteroatoms. The van der Waals surface area contributed by atoms with E-state index in [1.54, 1.807) is 6.07 Å². The molecule has 0 aromatic carbocycles. The van der Waals surface area contributed by atoms with Crippen LogP contribution in [0.2, 0.25) is 0 Å². The Balaban J connectivity index is 2.26. The molecule has 0 fully saturated rings. The monoisotopic (exact) mass is 344 g/mol. The molecule has 1 N–H and O–H groups in total. The topological polar surface area (TPSA) is 90.1 Å². The number of rotatable bonds is 7. The summed E-state index contributed by atoms with van der Waals surface area (Å²) in [6.07, 6.45) is 2.98. The molecule has 0 unspecified atom stereocenters. The molecule has 2 aromatic heterocycles. The van der Waals surface area contributed by atoms with E-state index in [4.69, 9.17) is 9.26 Å². The van der Waals surface area contributed by atoms with Gasteiger partial charge in [0, 0.05) is 24.1 Å². The summed E-state index contributed by atoms with van der Waals surface area (Å²) in [6.45, 7) is 8.75. The Hall–Kier alpha value is -3.29. The van der Waals surface area contributed by atoms with Gasteiger partial charge >= 0.3 is 0 Å². The number of aryl methyl sites for hydroxylation is 1. The molecule has 130 valence electrons. The van der Waals surface area contributed by atoms with Crippen molar-refractivity contribution in [3.05, 3.63) is 66.4 Å². The lowest BCUT2D eigenvalue weighted by Crippen LogP contribution is -2.13. The van der Waals surface area contributed by atoms with Crippen LogP contribution in [0.5, 0.6) is 0 Å². The predicted molar refractivity (Wildman–Crippen MR) is 90.2 cm³/mol. The quantitative estimate of drug-likeness (QED) is 0.612. The van der Waals surface area contributed by atoms with Crippen LogP contribution in [0.3, 0.4) is 0 Å². The number of hydrogen-bond donors (Lipinski definition) is 1. The van der Waals surface area contributed by atoms with Gasteiger partial charge in [-0.1, -0.05) is 25.2 Å². The van der Waals surface area contributed by atoms with Crippen LogP contribution in [-0.2, 0) is 11.2 Å². The zero-order chi connectivity index (χ0) is 18.4. The first-order valence-electron chi connectivity index (χ1n) is 7.33. The number of halogens is 1. The van der Waals surface area contributed by atoms with E-state index < -0.39 is 11.7 Å². The van der Waals surface area contributed by atoms with Crippen molar-refractivity contribution in [2.75, 3.05) is 12.4 Å². The fraction of sp³-hybridized carbons (Fsp3) is 0.176. The van der Waals surface area contributed by atoms with Gasteiger partial charge in [-0.15, -0.1) is 0 Å². The summed E-state index contributed by atoms with van der Waals surface area (Å²) < 4.78 is 23.2. The van der Waals surface area contributed by atoms with E-state index in [-0.39, 0.29) is 22.8 Å². The van der Waals surface area contributed by atoms with Gasteiger partial charge in [-0.2, -0.15) is 0 Å². The van der Waals surface area contributed by atoms with Crippen LogP contribution in [0.1, 0.15) is 28.9 Å². The molecular weight excluding hydrogens is 327 g/mol. The number of allylic oxidation sites excluding steroid dienone is 3. The Bertz CT molecular complexity index is 842. The molecular formula is C17H17FN4O3. The fourth-order valence-corrected chi connectivity index (χ4v) is 1.90. The number of anilines is 1. The zero-order valence-electron chi connectivity index (χ0n) is 13.9. The fourth-order valence-electron chi connectivity index (χ4n) is 1.90. The highest BCUT2D eigenvalue weighted by atomic mass is 19.1. The number of carbonyl (C=O) groups excluding carboxylic acids is 1. The van der Waals surface area contributed by atoms with E-state index in [0.717, 1.165) is 6.08 Å². The number of hydrogen-bond acceptors (Lipinski definition) is 6.